The van der Waals surface area contributed by atoms with Crippen LogP contribution >= 0.6 is 0 Å². The third-order valence-corrected chi connectivity index (χ3v) is 4.13. The van der Waals surface area contributed by atoms with Crippen LogP contribution < -0.4 is 0 Å². The number of para-hydroxylation sites is 4. The predicted molar refractivity (Wildman–Crippen MR) is 95.5 cm³/mol. The topological polar surface area (TPSA) is 57.4 Å². The summed E-state index contributed by atoms with van der Waals surface area (Å²) in [5.41, 5.74) is 5.82. The molecular formula is C20H13N4. The van der Waals surface area contributed by atoms with Crippen LogP contribution in [-0.2, 0) is 0 Å². The molecule has 24 heavy (non-hydrogen) atoms. The Morgan fingerprint density at radius 2 is 1.29 bits per heavy atom. The Kier molecular flexibility index (Phi) is 2.76. The van der Waals surface area contributed by atoms with Gasteiger partial charge in [0.1, 0.15) is 11.6 Å². The van der Waals surface area contributed by atoms with Gasteiger partial charge in [-0.3, -0.25) is 0 Å². The fourth-order valence-corrected chi connectivity index (χ4v) is 2.98. The molecule has 0 aliphatic heterocycles. The summed E-state index contributed by atoms with van der Waals surface area (Å²) < 4.78 is 0. The molecule has 0 aliphatic rings. The Bertz CT molecular complexity index is 1010. The van der Waals surface area contributed by atoms with E-state index >= 15 is 0 Å². The summed E-state index contributed by atoms with van der Waals surface area (Å²) in [7, 11) is 0. The predicted octanol–water partition coefficient (Wildman–Crippen LogP) is 4.57. The maximum Gasteiger partial charge on any atom is 0.139 e. The van der Waals surface area contributed by atoms with Gasteiger partial charge in [-0.25, -0.2) is 9.97 Å². The monoisotopic (exact) mass is 309 g/mol. The molecule has 4 heteroatoms. The second-order valence-corrected chi connectivity index (χ2v) is 5.66. The molecule has 2 aromatic heterocycles. The quantitative estimate of drug-likeness (QED) is 0.501. The number of rotatable bonds is 2. The van der Waals surface area contributed by atoms with Crippen LogP contribution in [0.2, 0.25) is 0 Å². The SMILES string of the molecule is [c]1cccc(-c2nc3ccccc3[nH]2)c1-c1nc2ccccc2[nH]1. The minimum absolute atomic E-state index is 0.798. The molecular weight excluding hydrogens is 296 g/mol. The van der Waals surface area contributed by atoms with E-state index in [-0.39, 0.29) is 0 Å². The summed E-state index contributed by atoms with van der Waals surface area (Å²) in [6, 6.07) is 25.2. The number of H-pyrrole nitrogens is 2. The van der Waals surface area contributed by atoms with Crippen molar-refractivity contribution in [1.29, 1.82) is 0 Å². The number of hydrogen-bond donors (Lipinski definition) is 2. The molecule has 3 aromatic carbocycles. The minimum Gasteiger partial charge on any atom is -0.338 e. The summed E-state index contributed by atoms with van der Waals surface area (Å²) in [6.07, 6.45) is 0. The fourth-order valence-electron chi connectivity index (χ4n) is 2.98. The largest absolute Gasteiger partial charge is 0.338 e. The van der Waals surface area contributed by atoms with Gasteiger partial charge in [0.15, 0.2) is 0 Å². The lowest BCUT2D eigenvalue weighted by Crippen LogP contribution is -1.88. The zero-order valence-corrected chi connectivity index (χ0v) is 12.7. The molecule has 2 N–H and O–H groups in total. The molecule has 0 atom stereocenters. The Balaban J connectivity index is 1.72. The first-order valence-electron chi connectivity index (χ1n) is 7.79. The van der Waals surface area contributed by atoms with Gasteiger partial charge < -0.3 is 9.97 Å². The van der Waals surface area contributed by atoms with Gasteiger partial charge in [-0.2, -0.15) is 0 Å². The summed E-state index contributed by atoms with van der Waals surface area (Å²) >= 11 is 0. The van der Waals surface area contributed by atoms with Crippen LogP contribution in [0, 0.1) is 6.07 Å². The summed E-state index contributed by atoms with van der Waals surface area (Å²) in [6.45, 7) is 0. The van der Waals surface area contributed by atoms with Gasteiger partial charge in [-0.05, 0) is 30.3 Å². The van der Waals surface area contributed by atoms with Crippen LogP contribution in [0.4, 0.5) is 0 Å². The lowest BCUT2D eigenvalue weighted by molar-refractivity contribution is 1.30. The highest BCUT2D eigenvalue weighted by Crippen LogP contribution is 2.30. The van der Waals surface area contributed by atoms with Crippen molar-refractivity contribution in [3.63, 3.8) is 0 Å². The van der Waals surface area contributed by atoms with Crippen molar-refractivity contribution in [2.75, 3.05) is 0 Å². The molecule has 113 valence electrons. The van der Waals surface area contributed by atoms with Crippen molar-refractivity contribution in [2.24, 2.45) is 0 Å². The fraction of sp³-hybridized carbons (Fsp3) is 0. The minimum atomic E-state index is 0.798. The second-order valence-electron chi connectivity index (χ2n) is 5.66. The number of nitrogens with zero attached hydrogens (tertiary/aromatic N) is 2. The van der Waals surface area contributed by atoms with E-state index in [0.717, 1.165) is 44.8 Å². The lowest BCUT2D eigenvalue weighted by Gasteiger charge is -2.03. The Labute approximate surface area is 138 Å². The standard InChI is InChI=1S/C20H13N4/c1-2-8-14(20-23-17-11-5-6-12-18(17)24-20)13(7-1)19-21-15-9-3-4-10-16(15)22-19/h1-7,9-12H,(H,21,22)(H,23,24). The summed E-state index contributed by atoms with van der Waals surface area (Å²) in [5.74, 6) is 1.62. The second kappa shape index (κ2) is 5.06. The highest BCUT2D eigenvalue weighted by molar-refractivity contribution is 5.86. The van der Waals surface area contributed by atoms with Crippen molar-refractivity contribution in [3.05, 3.63) is 72.8 Å². The number of fused-ring (bicyclic) bond motifs is 2. The zero-order valence-electron chi connectivity index (χ0n) is 12.7. The van der Waals surface area contributed by atoms with E-state index in [1.54, 1.807) is 0 Å². The number of nitrogens with one attached hydrogen (secondary N) is 2. The van der Waals surface area contributed by atoms with Crippen molar-refractivity contribution >= 4 is 22.1 Å². The normalized spacial score (nSPS) is 11.3. The maximum atomic E-state index is 4.71. The average molecular weight is 309 g/mol. The molecule has 0 unspecified atom stereocenters. The molecule has 0 bridgehead atoms. The molecule has 0 spiro atoms. The van der Waals surface area contributed by atoms with Crippen LogP contribution in [0.15, 0.2) is 66.7 Å². The van der Waals surface area contributed by atoms with Crippen molar-refractivity contribution in [3.8, 4) is 22.8 Å². The highest BCUT2D eigenvalue weighted by atomic mass is 14.9. The molecule has 5 rings (SSSR count). The molecule has 0 amide bonds. The Morgan fingerprint density at radius 1 is 0.667 bits per heavy atom. The Morgan fingerprint density at radius 3 is 2.00 bits per heavy atom. The van der Waals surface area contributed by atoms with Gasteiger partial charge in [0.05, 0.1) is 22.1 Å². The number of imidazole rings is 2. The number of hydrogen-bond acceptors (Lipinski definition) is 2. The Hall–Kier alpha value is -3.40. The van der Waals surface area contributed by atoms with Gasteiger partial charge in [-0.15, -0.1) is 0 Å². The van der Waals surface area contributed by atoms with Crippen LogP contribution in [0.5, 0.6) is 0 Å². The van der Waals surface area contributed by atoms with E-state index in [1.807, 2.05) is 66.7 Å². The summed E-state index contributed by atoms with van der Waals surface area (Å²) in [4.78, 5) is 16.2. The van der Waals surface area contributed by atoms with Gasteiger partial charge in [0, 0.05) is 11.1 Å². The molecule has 0 fully saturated rings. The van der Waals surface area contributed by atoms with E-state index in [1.165, 1.54) is 0 Å². The van der Waals surface area contributed by atoms with Crippen LogP contribution in [0.1, 0.15) is 0 Å². The highest BCUT2D eigenvalue weighted by Gasteiger charge is 2.14. The molecule has 0 aliphatic carbocycles. The van der Waals surface area contributed by atoms with E-state index in [2.05, 4.69) is 16.0 Å². The van der Waals surface area contributed by atoms with E-state index in [4.69, 9.17) is 9.97 Å². The number of aromatic amines is 2. The van der Waals surface area contributed by atoms with Gasteiger partial charge in [-0.1, -0.05) is 42.5 Å². The first kappa shape index (κ1) is 13.1. The van der Waals surface area contributed by atoms with Gasteiger partial charge in [0.2, 0.25) is 0 Å². The van der Waals surface area contributed by atoms with E-state index in [9.17, 15) is 0 Å². The maximum absolute atomic E-state index is 4.71. The first-order chi connectivity index (χ1) is 11.9. The van der Waals surface area contributed by atoms with Gasteiger partial charge >= 0.3 is 0 Å². The third-order valence-electron chi connectivity index (χ3n) is 4.13. The van der Waals surface area contributed by atoms with Crippen molar-refractivity contribution in [1.82, 2.24) is 19.9 Å². The van der Waals surface area contributed by atoms with Gasteiger partial charge in [0.25, 0.3) is 0 Å². The zero-order chi connectivity index (χ0) is 15.9. The summed E-state index contributed by atoms with van der Waals surface area (Å²) in [5, 5.41) is 0. The molecule has 2 heterocycles. The molecule has 0 saturated heterocycles. The number of benzene rings is 3. The van der Waals surface area contributed by atoms with Crippen LogP contribution in [0.3, 0.4) is 0 Å². The smallest absolute Gasteiger partial charge is 0.139 e. The van der Waals surface area contributed by atoms with Crippen LogP contribution in [-0.4, -0.2) is 19.9 Å². The van der Waals surface area contributed by atoms with E-state index < -0.39 is 0 Å². The molecule has 0 saturated carbocycles. The third kappa shape index (κ3) is 2.01. The lowest BCUT2D eigenvalue weighted by atomic mass is 10.1. The first-order valence-corrected chi connectivity index (χ1v) is 7.79. The van der Waals surface area contributed by atoms with Crippen LogP contribution in [0.25, 0.3) is 44.8 Å². The molecule has 4 nitrogen and oxygen atoms in total. The van der Waals surface area contributed by atoms with E-state index in [0.29, 0.717) is 0 Å². The molecule has 5 aromatic rings. The molecule has 1 radical (unpaired) electrons. The van der Waals surface area contributed by atoms with Crippen molar-refractivity contribution < 1.29 is 0 Å². The van der Waals surface area contributed by atoms with Crippen molar-refractivity contribution in [2.45, 2.75) is 0 Å². The average Bonchev–Trinajstić information content (AvgIpc) is 3.25. The number of aromatic nitrogens is 4.